The number of nitrogens with zero attached hydrogens (tertiary/aromatic N) is 4. The van der Waals surface area contributed by atoms with E-state index >= 15 is 0 Å². The zero-order valence-electron chi connectivity index (χ0n) is 16.4. The first-order valence-corrected chi connectivity index (χ1v) is 9.47. The molecule has 27 heavy (non-hydrogen) atoms. The molecule has 1 N–H and O–H groups in total. The summed E-state index contributed by atoms with van der Waals surface area (Å²) in [4.78, 5) is 39.9. The number of carbonyl (C=O) groups excluding carboxylic acids is 2. The zero-order chi connectivity index (χ0) is 19.9. The largest absolute Gasteiger partial charge is 0.480 e. The molecular weight excluding hydrogens is 348 g/mol. The Morgan fingerprint density at radius 2 is 1.89 bits per heavy atom. The molecule has 2 saturated heterocycles. The summed E-state index contributed by atoms with van der Waals surface area (Å²) in [5.41, 5.74) is 1.00. The van der Waals surface area contributed by atoms with Crippen LogP contribution in [0.5, 0.6) is 0 Å². The van der Waals surface area contributed by atoms with Crippen LogP contribution in [0.15, 0.2) is 6.07 Å². The first-order chi connectivity index (χ1) is 12.6. The molecule has 0 radical (unpaired) electrons. The summed E-state index contributed by atoms with van der Waals surface area (Å²) >= 11 is 0. The lowest BCUT2D eigenvalue weighted by atomic mass is 9.76. The van der Waals surface area contributed by atoms with E-state index in [1.54, 1.807) is 29.6 Å². The van der Waals surface area contributed by atoms with Gasteiger partial charge >= 0.3 is 5.97 Å². The number of aryl methyl sites for hydroxylation is 1. The van der Waals surface area contributed by atoms with E-state index in [0.717, 1.165) is 18.5 Å². The highest BCUT2D eigenvalue weighted by molar-refractivity contribution is 5.96. The first kappa shape index (κ1) is 19.4. The van der Waals surface area contributed by atoms with Crippen molar-refractivity contribution < 1.29 is 19.5 Å². The van der Waals surface area contributed by atoms with Crippen molar-refractivity contribution in [3.05, 3.63) is 17.5 Å². The second-order valence-electron chi connectivity index (χ2n) is 8.23. The maximum absolute atomic E-state index is 13.2. The van der Waals surface area contributed by atoms with Gasteiger partial charge in [0.2, 0.25) is 5.91 Å². The van der Waals surface area contributed by atoms with Gasteiger partial charge < -0.3 is 14.9 Å². The third-order valence-corrected chi connectivity index (χ3v) is 6.03. The Balaban J connectivity index is 1.83. The number of carboxylic acid groups (broad SMARTS) is 1. The highest BCUT2D eigenvalue weighted by atomic mass is 16.4. The Kier molecular flexibility index (Phi) is 5.01. The molecule has 3 rings (SSSR count). The van der Waals surface area contributed by atoms with Crippen LogP contribution in [-0.2, 0) is 16.6 Å². The SMILES string of the molecule is CC(=O)N1CCC2(CC1)CC(C(=O)O)N(C(=O)c1cc(C(C)C)nn1C)C2. The monoisotopic (exact) mass is 376 g/mol. The van der Waals surface area contributed by atoms with E-state index in [1.165, 1.54) is 4.90 Å². The fraction of sp³-hybridized carbons (Fsp3) is 0.684. The van der Waals surface area contributed by atoms with Gasteiger partial charge in [-0.2, -0.15) is 5.10 Å². The highest BCUT2D eigenvalue weighted by Gasteiger charge is 2.50. The molecule has 3 heterocycles. The average molecular weight is 376 g/mol. The Bertz CT molecular complexity index is 762. The number of rotatable bonds is 3. The summed E-state index contributed by atoms with van der Waals surface area (Å²) in [6.07, 6.45) is 1.89. The molecule has 1 atom stereocenters. The van der Waals surface area contributed by atoms with Crippen LogP contribution in [-0.4, -0.2) is 68.1 Å². The lowest BCUT2D eigenvalue weighted by Crippen LogP contribution is -2.44. The maximum atomic E-state index is 13.2. The van der Waals surface area contributed by atoms with Crippen molar-refractivity contribution >= 4 is 17.8 Å². The molecule has 0 saturated carbocycles. The second kappa shape index (κ2) is 6.98. The van der Waals surface area contributed by atoms with Crippen molar-refractivity contribution in [2.24, 2.45) is 12.5 Å². The van der Waals surface area contributed by atoms with E-state index in [0.29, 0.717) is 31.7 Å². The minimum atomic E-state index is -0.972. The van der Waals surface area contributed by atoms with Crippen molar-refractivity contribution in [3.63, 3.8) is 0 Å². The van der Waals surface area contributed by atoms with Gasteiger partial charge in [0, 0.05) is 33.6 Å². The Morgan fingerprint density at radius 1 is 1.26 bits per heavy atom. The number of piperidine rings is 1. The quantitative estimate of drug-likeness (QED) is 0.862. The van der Waals surface area contributed by atoms with Crippen LogP contribution in [0.2, 0.25) is 0 Å². The molecule has 0 aliphatic carbocycles. The molecule has 2 fully saturated rings. The number of aromatic nitrogens is 2. The molecular formula is C19H28N4O4. The number of likely N-dealkylation sites (tertiary alicyclic amines) is 2. The van der Waals surface area contributed by atoms with Crippen molar-refractivity contribution in [2.45, 2.75) is 52.0 Å². The fourth-order valence-corrected chi connectivity index (χ4v) is 4.27. The molecule has 0 aromatic carbocycles. The average Bonchev–Trinajstić information content (AvgIpc) is 3.16. The number of carboxylic acids is 1. The van der Waals surface area contributed by atoms with Gasteiger partial charge in [-0.15, -0.1) is 0 Å². The van der Waals surface area contributed by atoms with Crippen molar-refractivity contribution in [1.29, 1.82) is 0 Å². The number of hydrogen-bond donors (Lipinski definition) is 1. The van der Waals surface area contributed by atoms with E-state index in [1.807, 2.05) is 13.8 Å². The summed E-state index contributed by atoms with van der Waals surface area (Å²) in [7, 11) is 1.71. The summed E-state index contributed by atoms with van der Waals surface area (Å²) in [5, 5.41) is 14.1. The van der Waals surface area contributed by atoms with Crippen LogP contribution in [0, 0.1) is 5.41 Å². The minimum absolute atomic E-state index is 0.0432. The molecule has 1 aromatic rings. The van der Waals surface area contributed by atoms with Crippen molar-refractivity contribution in [3.8, 4) is 0 Å². The number of aliphatic carboxylic acids is 1. The first-order valence-electron chi connectivity index (χ1n) is 9.47. The van der Waals surface area contributed by atoms with Crippen LogP contribution in [0.4, 0.5) is 0 Å². The van der Waals surface area contributed by atoms with Crippen LogP contribution in [0.1, 0.15) is 62.1 Å². The number of amides is 2. The molecule has 8 heteroatoms. The zero-order valence-corrected chi connectivity index (χ0v) is 16.4. The molecule has 2 aliphatic heterocycles. The van der Waals surface area contributed by atoms with Crippen LogP contribution in [0.3, 0.4) is 0 Å². The molecule has 8 nitrogen and oxygen atoms in total. The van der Waals surface area contributed by atoms with Gasteiger partial charge in [-0.3, -0.25) is 14.3 Å². The molecule has 2 aliphatic rings. The Labute approximate surface area is 159 Å². The lowest BCUT2D eigenvalue weighted by molar-refractivity contribution is -0.141. The lowest BCUT2D eigenvalue weighted by Gasteiger charge is -2.38. The fourth-order valence-electron chi connectivity index (χ4n) is 4.27. The maximum Gasteiger partial charge on any atom is 0.326 e. The highest BCUT2D eigenvalue weighted by Crippen LogP contribution is 2.44. The topological polar surface area (TPSA) is 95.7 Å². The van der Waals surface area contributed by atoms with Gasteiger partial charge in [0.25, 0.3) is 5.91 Å². The Morgan fingerprint density at radius 3 is 2.37 bits per heavy atom. The normalized spacial score (nSPS) is 21.9. The molecule has 0 bridgehead atoms. The third kappa shape index (κ3) is 3.57. The standard InChI is InChI=1S/C19H28N4O4/c1-12(2)14-9-15(21(4)20-14)17(25)23-11-19(10-16(23)18(26)27)5-7-22(8-6-19)13(3)24/h9,12,16H,5-8,10-11H2,1-4H3,(H,26,27). The smallest absolute Gasteiger partial charge is 0.326 e. The van der Waals surface area contributed by atoms with E-state index in [9.17, 15) is 19.5 Å². The second-order valence-corrected chi connectivity index (χ2v) is 8.23. The molecule has 1 unspecified atom stereocenters. The molecule has 2 amide bonds. The van der Waals surface area contributed by atoms with Gasteiger partial charge in [0.1, 0.15) is 11.7 Å². The van der Waals surface area contributed by atoms with Gasteiger partial charge in [-0.25, -0.2) is 4.79 Å². The van der Waals surface area contributed by atoms with E-state index in [-0.39, 0.29) is 23.1 Å². The molecule has 148 valence electrons. The summed E-state index contributed by atoms with van der Waals surface area (Å²) in [6.45, 7) is 7.21. The van der Waals surface area contributed by atoms with Crippen molar-refractivity contribution in [2.75, 3.05) is 19.6 Å². The summed E-state index contributed by atoms with van der Waals surface area (Å²) in [5.74, 6) is -1.02. The summed E-state index contributed by atoms with van der Waals surface area (Å²) < 4.78 is 1.54. The summed E-state index contributed by atoms with van der Waals surface area (Å²) in [6, 6.07) is 0.925. The van der Waals surface area contributed by atoms with Crippen molar-refractivity contribution in [1.82, 2.24) is 19.6 Å². The molecule has 1 spiro atoms. The van der Waals surface area contributed by atoms with Crippen LogP contribution >= 0.6 is 0 Å². The van der Waals surface area contributed by atoms with Crippen LogP contribution < -0.4 is 0 Å². The van der Waals surface area contributed by atoms with Gasteiger partial charge in [0.05, 0.1) is 5.69 Å². The van der Waals surface area contributed by atoms with E-state index in [4.69, 9.17) is 0 Å². The minimum Gasteiger partial charge on any atom is -0.480 e. The third-order valence-electron chi connectivity index (χ3n) is 6.03. The number of carbonyl (C=O) groups is 3. The van der Waals surface area contributed by atoms with Crippen LogP contribution in [0.25, 0.3) is 0 Å². The van der Waals surface area contributed by atoms with Gasteiger partial charge in [-0.1, -0.05) is 13.8 Å². The van der Waals surface area contributed by atoms with Gasteiger partial charge in [0.15, 0.2) is 0 Å². The Hall–Kier alpha value is -2.38. The van der Waals surface area contributed by atoms with E-state index < -0.39 is 12.0 Å². The molecule has 1 aromatic heterocycles. The van der Waals surface area contributed by atoms with E-state index in [2.05, 4.69) is 5.10 Å². The predicted octanol–water partition coefficient (Wildman–Crippen LogP) is 1.47. The number of hydrogen-bond acceptors (Lipinski definition) is 4. The van der Waals surface area contributed by atoms with Gasteiger partial charge in [-0.05, 0) is 36.7 Å². The predicted molar refractivity (Wildman–Crippen MR) is 98.3 cm³/mol.